The van der Waals surface area contributed by atoms with Crippen LogP contribution in [0.4, 0.5) is 0 Å². The summed E-state index contributed by atoms with van der Waals surface area (Å²) in [4.78, 5) is 0. The zero-order valence-corrected chi connectivity index (χ0v) is 8.73. The molecule has 0 aliphatic carbocycles. The van der Waals surface area contributed by atoms with Gasteiger partial charge < -0.3 is 9.84 Å². The molecule has 0 aromatic heterocycles. The van der Waals surface area contributed by atoms with Crippen molar-refractivity contribution >= 4 is 10.8 Å². The minimum Gasteiger partial charge on any atom is -0.392 e. The average Bonchev–Trinajstić information content (AvgIpc) is 2.28. The lowest BCUT2D eigenvalue weighted by molar-refractivity contribution is 0.181. The van der Waals surface area contributed by atoms with Crippen LogP contribution in [0, 0.1) is 0 Å². The van der Waals surface area contributed by atoms with Crippen LogP contribution in [0.2, 0.25) is 0 Å². The summed E-state index contributed by atoms with van der Waals surface area (Å²) in [6, 6.07) is 12.2. The van der Waals surface area contributed by atoms with Crippen LogP contribution in [0.5, 0.6) is 0 Å². The van der Waals surface area contributed by atoms with Crippen molar-refractivity contribution in [3.8, 4) is 0 Å². The second-order valence-corrected chi connectivity index (χ2v) is 3.56. The fourth-order valence-electron chi connectivity index (χ4n) is 1.77. The molecule has 0 radical (unpaired) electrons. The predicted molar refractivity (Wildman–Crippen MR) is 60.6 cm³/mol. The highest BCUT2D eigenvalue weighted by molar-refractivity contribution is 5.84. The maximum atomic E-state index is 9.25. The summed E-state index contributed by atoms with van der Waals surface area (Å²) in [5, 5.41) is 11.6. The minimum absolute atomic E-state index is 0.0591. The molecule has 0 spiro atoms. The van der Waals surface area contributed by atoms with Crippen LogP contribution >= 0.6 is 0 Å². The van der Waals surface area contributed by atoms with Crippen LogP contribution in [0.25, 0.3) is 10.8 Å². The quantitative estimate of drug-likeness (QED) is 0.828. The Bertz CT molecular complexity index is 463. The van der Waals surface area contributed by atoms with Crippen molar-refractivity contribution in [1.82, 2.24) is 0 Å². The number of hydrogen-bond acceptors (Lipinski definition) is 2. The summed E-state index contributed by atoms with van der Waals surface area (Å²) in [6.07, 6.45) is 0. The van der Waals surface area contributed by atoms with E-state index in [2.05, 4.69) is 12.1 Å². The first-order chi connectivity index (χ1) is 7.35. The van der Waals surface area contributed by atoms with Crippen molar-refractivity contribution in [3.05, 3.63) is 47.5 Å². The number of fused-ring (bicyclic) bond motifs is 1. The summed E-state index contributed by atoms with van der Waals surface area (Å²) in [7, 11) is 1.66. The van der Waals surface area contributed by atoms with Crippen LogP contribution in [-0.4, -0.2) is 12.2 Å². The highest BCUT2D eigenvalue weighted by Gasteiger charge is 2.03. The molecule has 0 fully saturated rings. The second-order valence-electron chi connectivity index (χ2n) is 3.56. The largest absolute Gasteiger partial charge is 0.392 e. The molecule has 2 heteroatoms. The van der Waals surface area contributed by atoms with Crippen molar-refractivity contribution in [3.63, 3.8) is 0 Å². The number of hydrogen-bond donors (Lipinski definition) is 1. The molecule has 78 valence electrons. The summed E-state index contributed by atoms with van der Waals surface area (Å²) in [5.41, 5.74) is 1.99. The Hall–Kier alpha value is -1.38. The maximum Gasteiger partial charge on any atom is 0.0716 e. The number of benzene rings is 2. The highest BCUT2D eigenvalue weighted by atomic mass is 16.5. The average molecular weight is 202 g/mol. The van der Waals surface area contributed by atoms with Crippen molar-refractivity contribution in [2.75, 3.05) is 7.11 Å². The Morgan fingerprint density at radius 3 is 2.20 bits per heavy atom. The Balaban J connectivity index is 2.58. The summed E-state index contributed by atoms with van der Waals surface area (Å²) in [6.45, 7) is 0.601. The molecule has 0 amide bonds. The molecule has 0 saturated heterocycles. The fraction of sp³-hybridized carbons (Fsp3) is 0.231. The SMILES string of the molecule is COCc1cc2ccccc2cc1CO. The Morgan fingerprint density at radius 2 is 1.67 bits per heavy atom. The molecule has 0 atom stereocenters. The van der Waals surface area contributed by atoms with Crippen molar-refractivity contribution in [2.24, 2.45) is 0 Å². The van der Waals surface area contributed by atoms with E-state index >= 15 is 0 Å². The van der Waals surface area contributed by atoms with Crippen LogP contribution < -0.4 is 0 Å². The number of aliphatic hydroxyl groups excluding tert-OH is 1. The molecular formula is C13H14O2. The van der Waals surface area contributed by atoms with Crippen molar-refractivity contribution < 1.29 is 9.84 Å². The molecule has 0 aliphatic heterocycles. The van der Waals surface area contributed by atoms with Gasteiger partial charge in [0.15, 0.2) is 0 Å². The van der Waals surface area contributed by atoms with Gasteiger partial charge >= 0.3 is 0 Å². The van der Waals surface area contributed by atoms with Gasteiger partial charge in [-0.25, -0.2) is 0 Å². The van der Waals surface area contributed by atoms with Crippen LogP contribution in [0.3, 0.4) is 0 Å². The van der Waals surface area contributed by atoms with E-state index in [0.29, 0.717) is 6.61 Å². The lowest BCUT2D eigenvalue weighted by atomic mass is 10.0. The van der Waals surface area contributed by atoms with E-state index in [4.69, 9.17) is 4.74 Å². The smallest absolute Gasteiger partial charge is 0.0716 e. The molecule has 2 aromatic carbocycles. The lowest BCUT2D eigenvalue weighted by Crippen LogP contribution is -1.96. The van der Waals surface area contributed by atoms with E-state index in [-0.39, 0.29) is 6.61 Å². The summed E-state index contributed by atoms with van der Waals surface area (Å²) in [5.74, 6) is 0. The number of ether oxygens (including phenoxy) is 1. The first-order valence-electron chi connectivity index (χ1n) is 4.95. The monoisotopic (exact) mass is 202 g/mol. The third-order valence-corrected chi connectivity index (χ3v) is 2.54. The van der Waals surface area contributed by atoms with Gasteiger partial charge in [-0.1, -0.05) is 24.3 Å². The molecular weight excluding hydrogens is 188 g/mol. The van der Waals surface area contributed by atoms with Gasteiger partial charge in [0, 0.05) is 7.11 Å². The van der Waals surface area contributed by atoms with Crippen molar-refractivity contribution in [1.29, 1.82) is 0 Å². The van der Waals surface area contributed by atoms with Gasteiger partial charge in [-0.05, 0) is 34.0 Å². The molecule has 0 heterocycles. The summed E-state index contributed by atoms with van der Waals surface area (Å²) >= 11 is 0. The molecule has 1 N–H and O–H groups in total. The standard InChI is InChI=1S/C13H14O2/c1-15-9-13-7-11-5-3-2-4-10(11)6-12(13)8-14/h2-7,14H,8-9H2,1H3. The summed E-state index contributed by atoms with van der Waals surface area (Å²) < 4.78 is 5.11. The highest BCUT2D eigenvalue weighted by Crippen LogP contribution is 2.20. The number of methoxy groups -OCH3 is 1. The topological polar surface area (TPSA) is 29.5 Å². The number of rotatable bonds is 3. The Kier molecular flexibility index (Phi) is 2.99. The zero-order valence-electron chi connectivity index (χ0n) is 8.73. The fourth-order valence-corrected chi connectivity index (χ4v) is 1.77. The molecule has 0 unspecified atom stereocenters. The molecule has 15 heavy (non-hydrogen) atoms. The van der Waals surface area contributed by atoms with Gasteiger partial charge in [0.2, 0.25) is 0 Å². The molecule has 2 rings (SSSR count). The van der Waals surface area contributed by atoms with Gasteiger partial charge in [0.1, 0.15) is 0 Å². The van der Waals surface area contributed by atoms with E-state index in [1.807, 2.05) is 24.3 Å². The zero-order chi connectivity index (χ0) is 10.7. The normalized spacial score (nSPS) is 10.8. The molecule has 0 aliphatic rings. The van der Waals surface area contributed by atoms with Gasteiger partial charge in [-0.2, -0.15) is 0 Å². The first kappa shape index (κ1) is 10.1. The first-order valence-corrected chi connectivity index (χ1v) is 4.95. The minimum atomic E-state index is 0.0591. The van der Waals surface area contributed by atoms with Gasteiger partial charge in [-0.3, -0.25) is 0 Å². The van der Waals surface area contributed by atoms with Gasteiger partial charge in [0.05, 0.1) is 13.2 Å². The predicted octanol–water partition coefficient (Wildman–Crippen LogP) is 2.48. The Labute approximate surface area is 89.1 Å². The van der Waals surface area contributed by atoms with Crippen LogP contribution in [-0.2, 0) is 18.0 Å². The lowest BCUT2D eigenvalue weighted by Gasteiger charge is -2.08. The van der Waals surface area contributed by atoms with Crippen LogP contribution in [0.1, 0.15) is 11.1 Å². The van der Waals surface area contributed by atoms with E-state index in [0.717, 1.165) is 16.5 Å². The van der Waals surface area contributed by atoms with Crippen LogP contribution in [0.15, 0.2) is 36.4 Å². The van der Waals surface area contributed by atoms with E-state index in [1.54, 1.807) is 7.11 Å². The number of aliphatic hydroxyl groups is 1. The molecule has 0 saturated carbocycles. The molecule has 2 aromatic rings. The third-order valence-electron chi connectivity index (χ3n) is 2.54. The van der Waals surface area contributed by atoms with Gasteiger partial charge in [-0.15, -0.1) is 0 Å². The molecule has 2 nitrogen and oxygen atoms in total. The second kappa shape index (κ2) is 4.43. The Morgan fingerprint density at radius 1 is 1.07 bits per heavy atom. The van der Waals surface area contributed by atoms with E-state index in [9.17, 15) is 5.11 Å². The van der Waals surface area contributed by atoms with Crippen molar-refractivity contribution in [2.45, 2.75) is 13.2 Å². The maximum absolute atomic E-state index is 9.25. The molecule has 0 bridgehead atoms. The van der Waals surface area contributed by atoms with E-state index < -0.39 is 0 Å². The van der Waals surface area contributed by atoms with Gasteiger partial charge in [0.25, 0.3) is 0 Å². The third kappa shape index (κ3) is 2.01. The van der Waals surface area contributed by atoms with E-state index in [1.165, 1.54) is 5.39 Å².